The first-order valence-corrected chi connectivity index (χ1v) is 6.97. The van der Waals surface area contributed by atoms with Gasteiger partial charge in [-0.05, 0) is 24.7 Å². The summed E-state index contributed by atoms with van der Waals surface area (Å²) < 4.78 is 0. The van der Waals surface area contributed by atoms with Gasteiger partial charge in [0.1, 0.15) is 0 Å². The standard InChI is InChI=1S/C13H22N2OS/c1-9-7-15(8-10(9)2)12(16)13(11(14)17)5-3-4-6-13/h9-10H,3-8H2,1-2H3,(H2,14,17). The lowest BCUT2D eigenvalue weighted by Crippen LogP contribution is -2.48. The third-order valence-corrected chi connectivity index (χ3v) is 5.00. The Bertz CT molecular complexity index is 326. The molecule has 1 aliphatic carbocycles. The van der Waals surface area contributed by atoms with E-state index in [2.05, 4.69) is 13.8 Å². The van der Waals surface area contributed by atoms with Gasteiger partial charge in [-0.1, -0.05) is 38.9 Å². The highest BCUT2D eigenvalue weighted by Crippen LogP contribution is 2.41. The zero-order chi connectivity index (χ0) is 12.6. The lowest BCUT2D eigenvalue weighted by atomic mass is 9.84. The van der Waals surface area contributed by atoms with Crippen LogP contribution in [0.4, 0.5) is 0 Å². The molecule has 2 rings (SSSR count). The molecule has 0 bridgehead atoms. The van der Waals surface area contributed by atoms with E-state index in [-0.39, 0.29) is 5.91 Å². The van der Waals surface area contributed by atoms with Gasteiger partial charge < -0.3 is 10.6 Å². The molecule has 2 aliphatic rings. The van der Waals surface area contributed by atoms with Crippen LogP contribution >= 0.6 is 12.2 Å². The van der Waals surface area contributed by atoms with Crippen LogP contribution in [-0.4, -0.2) is 28.9 Å². The summed E-state index contributed by atoms with van der Waals surface area (Å²) in [4.78, 5) is 15.1. The third kappa shape index (κ3) is 2.07. The Morgan fingerprint density at radius 3 is 2.12 bits per heavy atom. The van der Waals surface area contributed by atoms with E-state index in [9.17, 15) is 4.79 Å². The van der Waals surface area contributed by atoms with Crippen LogP contribution in [0.1, 0.15) is 39.5 Å². The summed E-state index contributed by atoms with van der Waals surface area (Å²) in [6.45, 7) is 6.15. The van der Waals surface area contributed by atoms with E-state index in [1.165, 1.54) is 0 Å². The Hall–Kier alpha value is -0.640. The van der Waals surface area contributed by atoms with Crippen LogP contribution in [0.15, 0.2) is 0 Å². The van der Waals surface area contributed by atoms with Crippen LogP contribution < -0.4 is 5.73 Å². The van der Waals surface area contributed by atoms with Gasteiger partial charge in [0.05, 0.1) is 10.4 Å². The van der Waals surface area contributed by atoms with E-state index in [4.69, 9.17) is 18.0 Å². The maximum Gasteiger partial charge on any atom is 0.235 e. The molecule has 1 heterocycles. The van der Waals surface area contributed by atoms with Gasteiger partial charge in [0.25, 0.3) is 0 Å². The maximum atomic E-state index is 12.7. The molecule has 2 unspecified atom stereocenters. The predicted molar refractivity (Wildman–Crippen MR) is 72.6 cm³/mol. The van der Waals surface area contributed by atoms with Gasteiger partial charge in [0, 0.05) is 13.1 Å². The summed E-state index contributed by atoms with van der Waals surface area (Å²) in [5.74, 6) is 1.37. The fourth-order valence-corrected chi connectivity index (χ4v) is 3.43. The Balaban J connectivity index is 2.16. The van der Waals surface area contributed by atoms with E-state index in [0.29, 0.717) is 16.8 Å². The number of carbonyl (C=O) groups excluding carboxylic acids is 1. The summed E-state index contributed by atoms with van der Waals surface area (Å²) >= 11 is 5.17. The van der Waals surface area contributed by atoms with Crippen molar-refractivity contribution in [2.24, 2.45) is 23.0 Å². The largest absolute Gasteiger partial charge is 0.392 e. The van der Waals surface area contributed by atoms with Crippen molar-refractivity contribution in [1.82, 2.24) is 4.90 Å². The first kappa shape index (κ1) is 12.8. The minimum Gasteiger partial charge on any atom is -0.392 e. The van der Waals surface area contributed by atoms with E-state index in [1.807, 2.05) is 4.90 Å². The van der Waals surface area contributed by atoms with Crippen LogP contribution in [-0.2, 0) is 4.79 Å². The van der Waals surface area contributed by atoms with Gasteiger partial charge in [-0.2, -0.15) is 0 Å². The van der Waals surface area contributed by atoms with Crippen LogP contribution in [0, 0.1) is 17.3 Å². The molecular formula is C13H22N2OS. The molecule has 0 aromatic carbocycles. The highest BCUT2D eigenvalue weighted by molar-refractivity contribution is 7.80. The van der Waals surface area contributed by atoms with Crippen molar-refractivity contribution in [2.45, 2.75) is 39.5 Å². The number of thiocarbonyl (C=S) groups is 1. The van der Waals surface area contributed by atoms with Gasteiger partial charge in [-0.3, -0.25) is 4.79 Å². The van der Waals surface area contributed by atoms with Crippen molar-refractivity contribution in [2.75, 3.05) is 13.1 Å². The average molecular weight is 254 g/mol. The monoisotopic (exact) mass is 254 g/mol. The van der Waals surface area contributed by atoms with Crippen molar-refractivity contribution in [3.63, 3.8) is 0 Å². The minimum atomic E-state index is -0.515. The van der Waals surface area contributed by atoms with Crippen molar-refractivity contribution >= 4 is 23.1 Å². The molecule has 96 valence electrons. The molecule has 0 spiro atoms. The predicted octanol–water partition coefficient (Wildman–Crippen LogP) is 1.95. The second kappa shape index (κ2) is 4.56. The van der Waals surface area contributed by atoms with Gasteiger partial charge >= 0.3 is 0 Å². The van der Waals surface area contributed by atoms with Gasteiger partial charge in [-0.15, -0.1) is 0 Å². The molecule has 2 fully saturated rings. The maximum absolute atomic E-state index is 12.7. The van der Waals surface area contributed by atoms with Gasteiger partial charge in [0.2, 0.25) is 5.91 Å². The highest BCUT2D eigenvalue weighted by atomic mass is 32.1. The molecule has 1 saturated heterocycles. The molecular weight excluding hydrogens is 232 g/mol. The number of hydrogen-bond donors (Lipinski definition) is 1. The molecule has 1 saturated carbocycles. The second-order valence-electron chi connectivity index (χ2n) is 5.82. The topological polar surface area (TPSA) is 46.3 Å². The van der Waals surface area contributed by atoms with Crippen molar-refractivity contribution in [1.29, 1.82) is 0 Å². The van der Waals surface area contributed by atoms with Crippen LogP contribution in [0.3, 0.4) is 0 Å². The summed E-state index contributed by atoms with van der Waals surface area (Å²) in [5.41, 5.74) is 5.34. The first-order chi connectivity index (χ1) is 7.97. The molecule has 1 amide bonds. The third-order valence-electron chi connectivity index (χ3n) is 4.61. The van der Waals surface area contributed by atoms with Crippen molar-refractivity contribution < 1.29 is 4.79 Å². The molecule has 2 N–H and O–H groups in total. The zero-order valence-corrected chi connectivity index (χ0v) is 11.6. The normalized spacial score (nSPS) is 31.8. The van der Waals surface area contributed by atoms with Crippen LogP contribution in [0.25, 0.3) is 0 Å². The van der Waals surface area contributed by atoms with E-state index >= 15 is 0 Å². The average Bonchev–Trinajstić information content (AvgIpc) is 2.87. The second-order valence-corrected chi connectivity index (χ2v) is 6.26. The number of likely N-dealkylation sites (tertiary alicyclic amines) is 1. The molecule has 0 radical (unpaired) electrons. The summed E-state index contributed by atoms with van der Waals surface area (Å²) in [7, 11) is 0. The molecule has 4 heteroatoms. The molecule has 3 nitrogen and oxygen atoms in total. The molecule has 1 aliphatic heterocycles. The summed E-state index contributed by atoms with van der Waals surface area (Å²) in [6.07, 6.45) is 3.84. The molecule has 0 aromatic rings. The Kier molecular flexibility index (Phi) is 3.43. The van der Waals surface area contributed by atoms with Crippen molar-refractivity contribution in [3.8, 4) is 0 Å². The number of hydrogen-bond acceptors (Lipinski definition) is 2. The zero-order valence-electron chi connectivity index (χ0n) is 10.7. The quantitative estimate of drug-likeness (QED) is 0.766. The number of nitrogens with zero attached hydrogens (tertiary/aromatic N) is 1. The highest BCUT2D eigenvalue weighted by Gasteiger charge is 2.47. The molecule has 0 aromatic heterocycles. The number of carbonyl (C=O) groups is 1. The SMILES string of the molecule is CC1CN(C(=O)C2(C(N)=S)CCCC2)CC1C. The Labute approximate surface area is 109 Å². The van der Waals surface area contributed by atoms with Crippen molar-refractivity contribution in [3.05, 3.63) is 0 Å². The Morgan fingerprint density at radius 1 is 1.24 bits per heavy atom. The molecule has 17 heavy (non-hydrogen) atoms. The van der Waals surface area contributed by atoms with Crippen LogP contribution in [0.2, 0.25) is 0 Å². The summed E-state index contributed by atoms with van der Waals surface area (Å²) in [6, 6.07) is 0. The lowest BCUT2D eigenvalue weighted by Gasteiger charge is -2.31. The van der Waals surface area contributed by atoms with E-state index < -0.39 is 5.41 Å². The Morgan fingerprint density at radius 2 is 1.71 bits per heavy atom. The van der Waals surface area contributed by atoms with Gasteiger partial charge in [-0.25, -0.2) is 0 Å². The minimum absolute atomic E-state index is 0.193. The van der Waals surface area contributed by atoms with E-state index in [1.54, 1.807) is 0 Å². The van der Waals surface area contributed by atoms with E-state index in [0.717, 1.165) is 38.8 Å². The number of amides is 1. The first-order valence-electron chi connectivity index (χ1n) is 6.56. The smallest absolute Gasteiger partial charge is 0.235 e. The van der Waals surface area contributed by atoms with Crippen LogP contribution in [0.5, 0.6) is 0 Å². The number of rotatable bonds is 2. The molecule has 2 atom stereocenters. The fourth-order valence-electron chi connectivity index (χ4n) is 3.14. The summed E-state index contributed by atoms with van der Waals surface area (Å²) in [5, 5.41) is 0. The van der Waals surface area contributed by atoms with Gasteiger partial charge in [0.15, 0.2) is 0 Å². The lowest BCUT2D eigenvalue weighted by molar-refractivity contribution is -0.137. The number of nitrogens with two attached hydrogens (primary N) is 1. The fraction of sp³-hybridized carbons (Fsp3) is 0.846.